The maximum absolute atomic E-state index is 12.4. The molecule has 0 unspecified atom stereocenters. The second-order valence-corrected chi connectivity index (χ2v) is 7.49. The lowest BCUT2D eigenvalue weighted by Crippen LogP contribution is -2.12. The van der Waals surface area contributed by atoms with Crippen LogP contribution >= 0.6 is 0 Å². The molecule has 34 heavy (non-hydrogen) atoms. The van der Waals surface area contributed by atoms with Crippen molar-refractivity contribution in [3.05, 3.63) is 83.8 Å². The number of phenolic OH excluding ortho intramolecular Hbond substituents is 1. The number of hydrogen-bond acceptors (Lipinski definition) is 6. The van der Waals surface area contributed by atoms with Crippen LogP contribution in [0.2, 0.25) is 0 Å². The summed E-state index contributed by atoms with van der Waals surface area (Å²) < 4.78 is 16.1. The predicted molar refractivity (Wildman–Crippen MR) is 130 cm³/mol. The van der Waals surface area contributed by atoms with Crippen molar-refractivity contribution in [2.24, 2.45) is 0 Å². The average molecular weight is 463 g/mol. The molecular weight excluding hydrogens is 436 g/mol. The van der Waals surface area contributed by atoms with Gasteiger partial charge < -0.3 is 29.6 Å². The Balaban J connectivity index is 1.64. The van der Waals surface area contributed by atoms with Crippen molar-refractivity contribution < 1.29 is 28.6 Å². The molecule has 0 saturated heterocycles. The van der Waals surface area contributed by atoms with Crippen molar-refractivity contribution in [3.8, 4) is 17.2 Å². The van der Waals surface area contributed by atoms with Crippen LogP contribution in [0.1, 0.15) is 30.0 Å². The maximum Gasteiger partial charge on any atom is 0.291 e. The molecule has 3 N–H and O–H groups in total. The lowest BCUT2D eigenvalue weighted by Gasteiger charge is -2.10. The Morgan fingerprint density at radius 2 is 1.88 bits per heavy atom. The highest BCUT2D eigenvalue weighted by Gasteiger charge is 2.12. The molecule has 0 fully saturated rings. The fourth-order valence-corrected chi connectivity index (χ4v) is 2.87. The quantitative estimate of drug-likeness (QED) is 0.174. The number of aromatic hydroxyl groups is 1. The van der Waals surface area contributed by atoms with Gasteiger partial charge in [0.2, 0.25) is 5.91 Å². The number of phenols is 1. The van der Waals surface area contributed by atoms with E-state index in [1.165, 1.54) is 36.6 Å². The van der Waals surface area contributed by atoms with Gasteiger partial charge in [-0.25, -0.2) is 0 Å². The molecular formula is C26H26N2O6. The Labute approximate surface area is 197 Å². The van der Waals surface area contributed by atoms with Crippen LogP contribution in [-0.2, 0) is 4.79 Å². The van der Waals surface area contributed by atoms with Gasteiger partial charge in [-0.1, -0.05) is 11.6 Å². The standard InChI is InChI=1S/C26H26N2O6/c1-17(2)12-14-34-22-10-6-18(15-24(22)32-3)7-11-25(30)27-19-8-9-21(29)20(16-19)28-26(31)23-5-4-13-33-23/h4-13,15-16,29H,14H2,1-3H3,(H,27,30)(H,28,31)/b11-7+. The summed E-state index contributed by atoms with van der Waals surface area (Å²) in [4.78, 5) is 24.5. The van der Waals surface area contributed by atoms with Gasteiger partial charge in [0.15, 0.2) is 17.3 Å². The lowest BCUT2D eigenvalue weighted by atomic mass is 10.2. The summed E-state index contributed by atoms with van der Waals surface area (Å²) in [6, 6.07) is 12.8. The molecule has 1 heterocycles. The van der Waals surface area contributed by atoms with E-state index >= 15 is 0 Å². The summed E-state index contributed by atoms with van der Waals surface area (Å²) in [5.41, 5.74) is 2.43. The van der Waals surface area contributed by atoms with E-state index in [2.05, 4.69) is 10.6 Å². The van der Waals surface area contributed by atoms with Crippen molar-refractivity contribution >= 4 is 29.3 Å². The molecule has 1 aromatic heterocycles. The SMILES string of the molecule is COc1cc(/C=C/C(=O)Nc2ccc(O)c(NC(=O)c3ccco3)c2)ccc1OCC=C(C)C. The zero-order chi connectivity index (χ0) is 24.5. The fraction of sp³-hybridized carbons (Fsp3) is 0.154. The van der Waals surface area contributed by atoms with Gasteiger partial charge in [-0.05, 0) is 74.0 Å². The fourth-order valence-electron chi connectivity index (χ4n) is 2.87. The summed E-state index contributed by atoms with van der Waals surface area (Å²) >= 11 is 0. The second kappa shape index (κ2) is 11.4. The van der Waals surface area contributed by atoms with Crippen molar-refractivity contribution in [3.63, 3.8) is 0 Å². The summed E-state index contributed by atoms with van der Waals surface area (Å²) in [7, 11) is 1.55. The Morgan fingerprint density at radius 3 is 2.59 bits per heavy atom. The number of ether oxygens (including phenoxy) is 2. The van der Waals surface area contributed by atoms with Crippen LogP contribution < -0.4 is 20.1 Å². The molecule has 0 aliphatic rings. The molecule has 3 rings (SSSR count). The number of hydrogen-bond donors (Lipinski definition) is 3. The third-order valence-corrected chi connectivity index (χ3v) is 4.60. The number of allylic oxidation sites excluding steroid dienone is 1. The molecule has 8 heteroatoms. The minimum atomic E-state index is -0.522. The van der Waals surface area contributed by atoms with Gasteiger partial charge in [0.1, 0.15) is 12.4 Å². The highest BCUT2D eigenvalue weighted by molar-refractivity contribution is 6.05. The van der Waals surface area contributed by atoms with Crippen LogP contribution in [-0.4, -0.2) is 30.6 Å². The zero-order valence-electron chi connectivity index (χ0n) is 19.1. The van der Waals surface area contributed by atoms with Crippen LogP contribution in [0.3, 0.4) is 0 Å². The van der Waals surface area contributed by atoms with Crippen molar-refractivity contribution in [2.45, 2.75) is 13.8 Å². The summed E-state index contributed by atoms with van der Waals surface area (Å²) in [6.07, 6.45) is 6.34. The van der Waals surface area contributed by atoms with Crippen LogP contribution in [0.25, 0.3) is 6.08 Å². The van der Waals surface area contributed by atoms with Crippen LogP contribution in [0.5, 0.6) is 17.2 Å². The lowest BCUT2D eigenvalue weighted by molar-refractivity contribution is -0.111. The Hall–Kier alpha value is -4.46. The maximum atomic E-state index is 12.4. The van der Waals surface area contributed by atoms with E-state index in [0.29, 0.717) is 23.8 Å². The number of nitrogens with one attached hydrogen (secondary N) is 2. The van der Waals surface area contributed by atoms with Gasteiger partial charge >= 0.3 is 0 Å². The van der Waals surface area contributed by atoms with Gasteiger partial charge in [0.25, 0.3) is 5.91 Å². The second-order valence-electron chi connectivity index (χ2n) is 7.49. The smallest absolute Gasteiger partial charge is 0.291 e. The van der Waals surface area contributed by atoms with Crippen molar-refractivity contribution in [2.75, 3.05) is 24.4 Å². The normalized spacial score (nSPS) is 10.6. The Morgan fingerprint density at radius 1 is 1.06 bits per heavy atom. The third-order valence-electron chi connectivity index (χ3n) is 4.60. The number of benzene rings is 2. The minimum Gasteiger partial charge on any atom is -0.506 e. The highest BCUT2D eigenvalue weighted by Crippen LogP contribution is 2.29. The predicted octanol–water partition coefficient (Wildman–Crippen LogP) is 5.24. The van der Waals surface area contributed by atoms with Crippen molar-refractivity contribution in [1.82, 2.24) is 0 Å². The van der Waals surface area contributed by atoms with E-state index in [1.807, 2.05) is 26.0 Å². The molecule has 0 spiro atoms. The van der Waals surface area contributed by atoms with E-state index in [1.54, 1.807) is 31.4 Å². The first-order valence-electron chi connectivity index (χ1n) is 10.5. The summed E-state index contributed by atoms with van der Waals surface area (Å²) in [5, 5.41) is 15.3. The van der Waals surface area contributed by atoms with Crippen LogP contribution in [0.15, 0.2) is 76.9 Å². The Kier molecular flexibility index (Phi) is 8.12. The molecule has 0 radical (unpaired) electrons. The Bertz CT molecular complexity index is 1210. The zero-order valence-corrected chi connectivity index (χ0v) is 19.1. The molecule has 0 aliphatic heterocycles. The first kappa shape index (κ1) is 24.2. The number of rotatable bonds is 9. The first-order valence-corrected chi connectivity index (χ1v) is 10.5. The molecule has 0 saturated carbocycles. The van der Waals surface area contributed by atoms with E-state index in [-0.39, 0.29) is 17.2 Å². The van der Waals surface area contributed by atoms with Gasteiger partial charge in [0.05, 0.1) is 19.1 Å². The van der Waals surface area contributed by atoms with Crippen LogP contribution in [0.4, 0.5) is 11.4 Å². The van der Waals surface area contributed by atoms with Gasteiger partial charge in [-0.3, -0.25) is 9.59 Å². The van der Waals surface area contributed by atoms with E-state index in [0.717, 1.165) is 11.1 Å². The molecule has 2 aromatic carbocycles. The molecule has 176 valence electrons. The van der Waals surface area contributed by atoms with E-state index in [9.17, 15) is 14.7 Å². The van der Waals surface area contributed by atoms with Gasteiger partial charge in [0, 0.05) is 11.8 Å². The molecule has 3 aromatic rings. The molecule has 8 nitrogen and oxygen atoms in total. The number of carbonyl (C=O) groups excluding carboxylic acids is 2. The number of carbonyl (C=O) groups is 2. The number of methoxy groups -OCH3 is 1. The minimum absolute atomic E-state index is 0.0977. The van der Waals surface area contributed by atoms with Gasteiger partial charge in [-0.15, -0.1) is 0 Å². The number of anilines is 2. The topological polar surface area (TPSA) is 110 Å². The van der Waals surface area contributed by atoms with Crippen LogP contribution in [0, 0.1) is 0 Å². The summed E-state index contributed by atoms with van der Waals surface area (Å²) in [6.45, 7) is 4.43. The third kappa shape index (κ3) is 6.77. The van der Waals surface area contributed by atoms with Gasteiger partial charge in [-0.2, -0.15) is 0 Å². The molecule has 0 bridgehead atoms. The largest absolute Gasteiger partial charge is 0.506 e. The molecule has 0 atom stereocenters. The summed E-state index contributed by atoms with van der Waals surface area (Å²) in [5.74, 6) is 0.200. The van der Waals surface area contributed by atoms with E-state index < -0.39 is 11.8 Å². The number of amides is 2. The van der Waals surface area contributed by atoms with E-state index in [4.69, 9.17) is 13.9 Å². The number of furan rings is 1. The first-order chi connectivity index (χ1) is 16.4. The molecule has 2 amide bonds. The monoisotopic (exact) mass is 462 g/mol. The average Bonchev–Trinajstić information content (AvgIpc) is 3.35. The molecule has 0 aliphatic carbocycles. The highest BCUT2D eigenvalue weighted by atomic mass is 16.5. The van der Waals surface area contributed by atoms with Crippen molar-refractivity contribution in [1.29, 1.82) is 0 Å².